The van der Waals surface area contributed by atoms with Crippen LogP contribution in [0, 0.1) is 0 Å². The van der Waals surface area contributed by atoms with Crippen LogP contribution in [0.15, 0.2) is 36.5 Å². The molecule has 122 valence electrons. The van der Waals surface area contributed by atoms with Crippen molar-refractivity contribution in [1.82, 2.24) is 15.1 Å². The highest BCUT2D eigenvalue weighted by atomic mass is 16.2. The van der Waals surface area contributed by atoms with Crippen molar-refractivity contribution in [1.29, 1.82) is 0 Å². The first-order valence-electron chi connectivity index (χ1n) is 8.59. The summed E-state index contributed by atoms with van der Waals surface area (Å²) in [6.45, 7) is 3.10. The number of fused-ring (bicyclic) bond motifs is 1. The second-order valence-corrected chi connectivity index (χ2v) is 6.48. The van der Waals surface area contributed by atoms with Gasteiger partial charge < -0.3 is 5.32 Å². The van der Waals surface area contributed by atoms with Crippen LogP contribution in [0.2, 0.25) is 0 Å². The molecule has 4 heteroatoms. The summed E-state index contributed by atoms with van der Waals surface area (Å²) in [7, 11) is 0. The van der Waals surface area contributed by atoms with Crippen molar-refractivity contribution < 1.29 is 4.79 Å². The van der Waals surface area contributed by atoms with Crippen molar-refractivity contribution in [3.8, 4) is 0 Å². The molecule has 0 aliphatic heterocycles. The number of hydrogen-bond donors (Lipinski definition) is 1. The summed E-state index contributed by atoms with van der Waals surface area (Å²) in [5.74, 6) is 0.347. The van der Waals surface area contributed by atoms with E-state index in [1.165, 1.54) is 36.1 Å². The molecule has 3 rings (SSSR count). The lowest BCUT2D eigenvalue weighted by Crippen LogP contribution is -2.31. The Bertz CT molecular complexity index is 624. The number of aromatic nitrogens is 2. The van der Waals surface area contributed by atoms with Gasteiger partial charge in [0, 0.05) is 12.7 Å². The molecular weight excluding hydrogens is 286 g/mol. The smallest absolute Gasteiger partial charge is 0.241 e. The third kappa shape index (κ3) is 4.21. The zero-order valence-corrected chi connectivity index (χ0v) is 13.8. The monoisotopic (exact) mass is 311 g/mol. The SMILES string of the molecule is CC(CNC(=O)Cn1cc2c(n1)CCCCC2)c1ccccc1. The van der Waals surface area contributed by atoms with E-state index in [1.807, 2.05) is 18.2 Å². The molecule has 1 aromatic carbocycles. The van der Waals surface area contributed by atoms with E-state index in [4.69, 9.17) is 0 Å². The Hall–Kier alpha value is -2.10. The van der Waals surface area contributed by atoms with Crippen LogP contribution >= 0.6 is 0 Å². The zero-order valence-electron chi connectivity index (χ0n) is 13.8. The molecule has 1 N–H and O–H groups in total. The number of hydrogen-bond acceptors (Lipinski definition) is 2. The third-order valence-corrected chi connectivity index (χ3v) is 4.56. The molecule has 1 aromatic heterocycles. The number of carbonyl (C=O) groups excluding carboxylic acids is 1. The normalized spacial score (nSPS) is 15.5. The molecule has 23 heavy (non-hydrogen) atoms. The molecule has 1 aliphatic carbocycles. The lowest BCUT2D eigenvalue weighted by atomic mass is 10.0. The highest BCUT2D eigenvalue weighted by Gasteiger charge is 2.14. The molecule has 1 heterocycles. The number of aryl methyl sites for hydroxylation is 2. The van der Waals surface area contributed by atoms with Crippen LogP contribution in [-0.4, -0.2) is 22.2 Å². The maximum absolute atomic E-state index is 12.2. The first-order valence-corrected chi connectivity index (χ1v) is 8.59. The fourth-order valence-corrected chi connectivity index (χ4v) is 3.16. The molecule has 1 aliphatic rings. The van der Waals surface area contributed by atoms with Gasteiger partial charge in [-0.3, -0.25) is 9.48 Å². The Morgan fingerprint density at radius 1 is 1.22 bits per heavy atom. The molecular formula is C19H25N3O. The molecule has 1 unspecified atom stereocenters. The Balaban J connectivity index is 1.51. The molecule has 0 fully saturated rings. The first-order chi connectivity index (χ1) is 11.2. The van der Waals surface area contributed by atoms with Crippen molar-refractivity contribution in [3.05, 3.63) is 53.3 Å². The molecule has 1 amide bonds. The van der Waals surface area contributed by atoms with Gasteiger partial charge in [0.1, 0.15) is 6.54 Å². The Morgan fingerprint density at radius 2 is 2.00 bits per heavy atom. The molecule has 1 atom stereocenters. The van der Waals surface area contributed by atoms with Crippen LogP contribution in [-0.2, 0) is 24.2 Å². The summed E-state index contributed by atoms with van der Waals surface area (Å²) in [5.41, 5.74) is 3.76. The number of benzene rings is 1. The van der Waals surface area contributed by atoms with E-state index in [9.17, 15) is 4.79 Å². The minimum Gasteiger partial charge on any atom is -0.354 e. The van der Waals surface area contributed by atoms with Crippen LogP contribution in [0.3, 0.4) is 0 Å². The fraction of sp³-hybridized carbons (Fsp3) is 0.474. The molecule has 4 nitrogen and oxygen atoms in total. The summed E-state index contributed by atoms with van der Waals surface area (Å²) in [5, 5.41) is 7.61. The fourth-order valence-electron chi connectivity index (χ4n) is 3.16. The van der Waals surface area contributed by atoms with Crippen molar-refractivity contribution in [2.24, 2.45) is 0 Å². The lowest BCUT2D eigenvalue weighted by Gasteiger charge is -2.13. The van der Waals surface area contributed by atoms with Crippen molar-refractivity contribution in [2.75, 3.05) is 6.54 Å². The summed E-state index contributed by atoms with van der Waals surface area (Å²) >= 11 is 0. The predicted molar refractivity (Wildman–Crippen MR) is 91.4 cm³/mol. The number of carbonyl (C=O) groups is 1. The summed E-state index contributed by atoms with van der Waals surface area (Å²) < 4.78 is 1.80. The van der Waals surface area contributed by atoms with Crippen LogP contribution in [0.4, 0.5) is 0 Å². The molecule has 0 saturated heterocycles. The zero-order chi connectivity index (χ0) is 16.1. The molecule has 2 aromatic rings. The standard InChI is InChI=1S/C19H25N3O/c1-15(16-8-4-2-5-9-16)12-20-19(23)14-22-13-17-10-6-3-7-11-18(17)21-22/h2,4-5,8-9,13,15H,3,6-7,10-12,14H2,1H3,(H,20,23). The van der Waals surface area contributed by atoms with Gasteiger partial charge >= 0.3 is 0 Å². The van der Waals surface area contributed by atoms with E-state index in [-0.39, 0.29) is 5.91 Å². The third-order valence-electron chi connectivity index (χ3n) is 4.56. The van der Waals surface area contributed by atoms with Gasteiger partial charge in [0.2, 0.25) is 5.91 Å². The second kappa shape index (κ2) is 7.44. The minimum absolute atomic E-state index is 0.0328. The van der Waals surface area contributed by atoms with Gasteiger partial charge in [-0.15, -0.1) is 0 Å². The quantitative estimate of drug-likeness (QED) is 0.863. The second-order valence-electron chi connectivity index (χ2n) is 6.48. The van der Waals surface area contributed by atoms with Gasteiger partial charge in [-0.25, -0.2) is 0 Å². The number of nitrogens with zero attached hydrogens (tertiary/aromatic N) is 2. The molecule has 0 radical (unpaired) electrons. The number of nitrogens with one attached hydrogen (secondary N) is 1. The maximum Gasteiger partial charge on any atom is 0.241 e. The number of amides is 1. The van der Waals surface area contributed by atoms with Crippen LogP contribution < -0.4 is 5.32 Å². The van der Waals surface area contributed by atoms with Crippen molar-refractivity contribution in [2.45, 2.75) is 51.5 Å². The van der Waals surface area contributed by atoms with E-state index >= 15 is 0 Å². The van der Waals surface area contributed by atoms with Gasteiger partial charge in [-0.05, 0) is 42.7 Å². The van der Waals surface area contributed by atoms with E-state index in [0.717, 1.165) is 12.8 Å². The van der Waals surface area contributed by atoms with Gasteiger partial charge in [0.15, 0.2) is 0 Å². The highest BCUT2D eigenvalue weighted by Crippen LogP contribution is 2.19. The Kier molecular flexibility index (Phi) is 5.11. The highest BCUT2D eigenvalue weighted by molar-refractivity contribution is 5.75. The van der Waals surface area contributed by atoms with Crippen LogP contribution in [0.25, 0.3) is 0 Å². The Labute approximate surface area is 137 Å². The van der Waals surface area contributed by atoms with Crippen LogP contribution in [0.1, 0.15) is 48.9 Å². The summed E-state index contributed by atoms with van der Waals surface area (Å²) in [6.07, 6.45) is 7.94. The van der Waals surface area contributed by atoms with E-state index < -0.39 is 0 Å². The largest absolute Gasteiger partial charge is 0.354 e. The Morgan fingerprint density at radius 3 is 2.83 bits per heavy atom. The van der Waals surface area contributed by atoms with Gasteiger partial charge in [0.25, 0.3) is 0 Å². The van der Waals surface area contributed by atoms with Crippen LogP contribution in [0.5, 0.6) is 0 Å². The summed E-state index contributed by atoms with van der Waals surface area (Å²) in [6, 6.07) is 10.3. The summed E-state index contributed by atoms with van der Waals surface area (Å²) in [4.78, 5) is 12.2. The van der Waals surface area contributed by atoms with Gasteiger partial charge in [0.05, 0.1) is 5.69 Å². The molecule has 0 saturated carbocycles. The number of rotatable bonds is 5. The maximum atomic E-state index is 12.2. The topological polar surface area (TPSA) is 46.9 Å². The van der Waals surface area contributed by atoms with Gasteiger partial charge in [-0.1, -0.05) is 43.7 Å². The molecule has 0 spiro atoms. The van der Waals surface area contributed by atoms with E-state index in [1.54, 1.807) is 4.68 Å². The predicted octanol–water partition coefficient (Wildman–Crippen LogP) is 3.07. The van der Waals surface area contributed by atoms with E-state index in [0.29, 0.717) is 19.0 Å². The average Bonchev–Trinajstić information content (AvgIpc) is 2.81. The van der Waals surface area contributed by atoms with Crippen molar-refractivity contribution in [3.63, 3.8) is 0 Å². The van der Waals surface area contributed by atoms with Gasteiger partial charge in [-0.2, -0.15) is 5.10 Å². The van der Waals surface area contributed by atoms with E-state index in [2.05, 4.69) is 35.7 Å². The lowest BCUT2D eigenvalue weighted by molar-refractivity contribution is -0.121. The van der Waals surface area contributed by atoms with Crippen molar-refractivity contribution >= 4 is 5.91 Å². The molecule has 0 bridgehead atoms. The average molecular weight is 311 g/mol. The minimum atomic E-state index is 0.0328. The first kappa shape index (κ1) is 15.8.